The molecule has 0 aliphatic rings. The standard InChI is InChI=1S/C22H21N7O/c1-12-4-5-16(18-7-14-10-24-20(23)8-17(14)29(18)3)26-22(12)28-27-21-9-19-15(11-25-21)6-13(2)30-19/h4-11H,1-3H3,(H2,23,24)(H,25,27)(H,26,28). The molecule has 0 fully saturated rings. The minimum atomic E-state index is 0.495. The Morgan fingerprint density at radius 2 is 1.80 bits per heavy atom. The summed E-state index contributed by atoms with van der Waals surface area (Å²) in [4.78, 5) is 13.4. The van der Waals surface area contributed by atoms with Gasteiger partial charge in [0.15, 0.2) is 0 Å². The maximum atomic E-state index is 5.84. The van der Waals surface area contributed by atoms with Gasteiger partial charge in [0.05, 0.1) is 16.9 Å². The molecule has 8 nitrogen and oxygen atoms in total. The van der Waals surface area contributed by atoms with Gasteiger partial charge in [-0.05, 0) is 37.6 Å². The summed E-state index contributed by atoms with van der Waals surface area (Å²) < 4.78 is 7.74. The largest absolute Gasteiger partial charge is 0.461 e. The highest BCUT2D eigenvalue weighted by atomic mass is 16.3. The Balaban J connectivity index is 1.45. The number of hydrogen-bond donors (Lipinski definition) is 3. The Morgan fingerprint density at radius 3 is 2.67 bits per heavy atom. The van der Waals surface area contributed by atoms with Gasteiger partial charge in [-0.1, -0.05) is 6.07 Å². The van der Waals surface area contributed by atoms with Crippen molar-refractivity contribution < 1.29 is 4.42 Å². The van der Waals surface area contributed by atoms with Gasteiger partial charge in [0, 0.05) is 42.3 Å². The van der Waals surface area contributed by atoms with Crippen molar-refractivity contribution in [3.8, 4) is 11.4 Å². The molecule has 5 heterocycles. The molecular formula is C22H21N7O. The molecule has 8 heteroatoms. The molecule has 5 aromatic rings. The van der Waals surface area contributed by atoms with E-state index < -0.39 is 0 Å². The smallest absolute Gasteiger partial charge is 0.148 e. The van der Waals surface area contributed by atoms with Gasteiger partial charge in [-0.25, -0.2) is 15.0 Å². The highest BCUT2D eigenvalue weighted by Crippen LogP contribution is 2.28. The fourth-order valence-corrected chi connectivity index (χ4v) is 3.55. The number of fused-ring (bicyclic) bond motifs is 2. The van der Waals surface area contributed by atoms with Crippen molar-refractivity contribution in [2.24, 2.45) is 7.05 Å². The summed E-state index contributed by atoms with van der Waals surface area (Å²) in [5, 5.41) is 1.99. The first kappa shape index (κ1) is 18.0. The Morgan fingerprint density at radius 1 is 0.967 bits per heavy atom. The predicted molar refractivity (Wildman–Crippen MR) is 119 cm³/mol. The Hall–Kier alpha value is -4.07. The Labute approximate surface area is 172 Å². The molecule has 0 spiro atoms. The van der Waals surface area contributed by atoms with Crippen LogP contribution in [0, 0.1) is 13.8 Å². The summed E-state index contributed by atoms with van der Waals surface area (Å²) in [5.74, 6) is 2.71. The quantitative estimate of drug-likeness (QED) is 0.384. The minimum Gasteiger partial charge on any atom is -0.461 e. The molecule has 5 aromatic heterocycles. The first-order valence-electron chi connectivity index (χ1n) is 9.55. The molecule has 5 rings (SSSR count). The van der Waals surface area contributed by atoms with Gasteiger partial charge >= 0.3 is 0 Å². The summed E-state index contributed by atoms with van der Waals surface area (Å²) in [7, 11) is 1.99. The number of nitrogen functional groups attached to an aromatic ring is 1. The first-order valence-corrected chi connectivity index (χ1v) is 9.55. The van der Waals surface area contributed by atoms with E-state index in [4.69, 9.17) is 15.1 Å². The third-order valence-corrected chi connectivity index (χ3v) is 5.14. The van der Waals surface area contributed by atoms with Crippen LogP contribution in [0.4, 0.5) is 17.5 Å². The third kappa shape index (κ3) is 3.08. The number of nitrogens with one attached hydrogen (secondary N) is 2. The van der Waals surface area contributed by atoms with Gasteiger partial charge in [-0.3, -0.25) is 10.9 Å². The van der Waals surface area contributed by atoms with Crippen molar-refractivity contribution >= 4 is 39.3 Å². The summed E-state index contributed by atoms with van der Waals surface area (Å²) >= 11 is 0. The maximum Gasteiger partial charge on any atom is 0.148 e. The molecule has 0 saturated carbocycles. The summed E-state index contributed by atoms with van der Waals surface area (Å²) in [6.45, 7) is 3.92. The van der Waals surface area contributed by atoms with Crippen molar-refractivity contribution in [3.63, 3.8) is 0 Å². The highest BCUT2D eigenvalue weighted by Gasteiger charge is 2.12. The molecule has 0 amide bonds. The van der Waals surface area contributed by atoms with Crippen LogP contribution >= 0.6 is 0 Å². The van der Waals surface area contributed by atoms with E-state index in [-0.39, 0.29) is 0 Å². The lowest BCUT2D eigenvalue weighted by Crippen LogP contribution is -2.12. The second-order valence-corrected chi connectivity index (χ2v) is 7.33. The molecule has 30 heavy (non-hydrogen) atoms. The lowest BCUT2D eigenvalue weighted by molar-refractivity contribution is 0.578. The van der Waals surface area contributed by atoms with E-state index >= 15 is 0 Å². The van der Waals surface area contributed by atoms with Gasteiger partial charge in [0.25, 0.3) is 0 Å². The lowest BCUT2D eigenvalue weighted by atomic mass is 10.2. The van der Waals surface area contributed by atoms with Crippen molar-refractivity contribution in [2.45, 2.75) is 13.8 Å². The van der Waals surface area contributed by atoms with Gasteiger partial charge < -0.3 is 14.7 Å². The van der Waals surface area contributed by atoms with Crippen LogP contribution in [0.25, 0.3) is 33.3 Å². The summed E-state index contributed by atoms with van der Waals surface area (Å²) in [6, 6.07) is 11.8. The topological polar surface area (TPSA) is 107 Å². The van der Waals surface area contributed by atoms with Crippen LogP contribution in [0.1, 0.15) is 11.3 Å². The van der Waals surface area contributed by atoms with Gasteiger partial charge in [0.2, 0.25) is 0 Å². The van der Waals surface area contributed by atoms with Crippen molar-refractivity contribution in [2.75, 3.05) is 16.6 Å². The van der Waals surface area contributed by atoms with Gasteiger partial charge in [-0.2, -0.15) is 0 Å². The number of aryl methyl sites for hydroxylation is 3. The number of hydrogen-bond acceptors (Lipinski definition) is 7. The number of anilines is 3. The van der Waals surface area contributed by atoms with Crippen LogP contribution in [0.15, 0.2) is 53.2 Å². The van der Waals surface area contributed by atoms with Crippen molar-refractivity contribution in [1.29, 1.82) is 0 Å². The number of nitrogens with zero attached hydrogens (tertiary/aromatic N) is 4. The number of aromatic nitrogens is 4. The molecule has 0 aliphatic carbocycles. The van der Waals surface area contributed by atoms with Crippen molar-refractivity contribution in [3.05, 3.63) is 60.1 Å². The zero-order valence-corrected chi connectivity index (χ0v) is 16.9. The average Bonchev–Trinajstić information content (AvgIpc) is 3.26. The molecule has 4 N–H and O–H groups in total. The molecule has 0 bridgehead atoms. The molecule has 0 unspecified atom stereocenters. The van der Waals surface area contributed by atoms with E-state index in [1.165, 1.54) is 0 Å². The Bertz CT molecular complexity index is 1400. The molecule has 150 valence electrons. The monoisotopic (exact) mass is 399 g/mol. The van der Waals surface area contributed by atoms with Crippen LogP contribution in [-0.4, -0.2) is 19.5 Å². The lowest BCUT2D eigenvalue weighted by Gasteiger charge is -2.12. The fourth-order valence-electron chi connectivity index (χ4n) is 3.55. The fraction of sp³-hybridized carbons (Fsp3) is 0.136. The molecule has 0 radical (unpaired) electrons. The number of pyridine rings is 3. The van der Waals surface area contributed by atoms with E-state index in [0.717, 1.165) is 44.6 Å². The number of rotatable bonds is 4. The van der Waals surface area contributed by atoms with E-state index in [2.05, 4.69) is 31.5 Å². The number of nitrogens with two attached hydrogens (primary N) is 1. The molecule has 0 atom stereocenters. The second-order valence-electron chi connectivity index (χ2n) is 7.33. The normalized spacial score (nSPS) is 11.3. The number of furan rings is 1. The minimum absolute atomic E-state index is 0.495. The molecule has 0 aliphatic heterocycles. The summed E-state index contributed by atoms with van der Waals surface area (Å²) in [6.07, 6.45) is 3.56. The van der Waals surface area contributed by atoms with E-state index in [1.54, 1.807) is 12.4 Å². The van der Waals surface area contributed by atoms with Crippen LogP contribution in [0.5, 0.6) is 0 Å². The maximum absolute atomic E-state index is 5.84. The van der Waals surface area contributed by atoms with E-state index in [9.17, 15) is 0 Å². The second kappa shape index (κ2) is 6.77. The molecule has 0 aromatic carbocycles. The molecule has 0 saturated heterocycles. The van der Waals surface area contributed by atoms with Gasteiger partial charge in [0.1, 0.15) is 28.8 Å². The zero-order chi connectivity index (χ0) is 20.8. The first-order chi connectivity index (χ1) is 14.5. The van der Waals surface area contributed by atoms with Crippen molar-refractivity contribution in [1.82, 2.24) is 19.5 Å². The van der Waals surface area contributed by atoms with Crippen LogP contribution in [0.2, 0.25) is 0 Å². The number of hydrazine groups is 1. The zero-order valence-electron chi connectivity index (χ0n) is 16.9. The average molecular weight is 399 g/mol. The van der Waals surface area contributed by atoms with Crippen LogP contribution in [0.3, 0.4) is 0 Å². The van der Waals surface area contributed by atoms with E-state index in [1.807, 2.05) is 51.2 Å². The highest BCUT2D eigenvalue weighted by molar-refractivity contribution is 5.87. The predicted octanol–water partition coefficient (Wildman–Crippen LogP) is 4.41. The van der Waals surface area contributed by atoms with Gasteiger partial charge in [-0.15, -0.1) is 0 Å². The SMILES string of the molecule is Cc1cc2cnc(NNc3nc(-c4cc5cnc(N)cc5n4C)ccc3C)cc2o1. The van der Waals surface area contributed by atoms with E-state index in [0.29, 0.717) is 17.5 Å². The van der Waals surface area contributed by atoms with Crippen LogP contribution < -0.4 is 16.6 Å². The van der Waals surface area contributed by atoms with Crippen LogP contribution in [-0.2, 0) is 7.05 Å². The third-order valence-electron chi connectivity index (χ3n) is 5.14. The Kier molecular flexibility index (Phi) is 4.06. The summed E-state index contributed by atoms with van der Waals surface area (Å²) in [5.41, 5.74) is 16.7. The molecular weight excluding hydrogens is 378 g/mol.